The van der Waals surface area contributed by atoms with Crippen LogP contribution in [-0.4, -0.2) is 16.1 Å². The summed E-state index contributed by atoms with van der Waals surface area (Å²) < 4.78 is 1.66. The summed E-state index contributed by atoms with van der Waals surface area (Å²) in [5, 5.41) is 3.13. The minimum Gasteiger partial charge on any atom is -0.369 e. The number of hydrogen-bond acceptors (Lipinski definition) is 3. The van der Waals surface area contributed by atoms with Gasteiger partial charge in [0.2, 0.25) is 0 Å². The molecule has 4 heteroatoms. The van der Waals surface area contributed by atoms with Crippen LogP contribution in [0.2, 0.25) is 0 Å². The fourth-order valence-corrected chi connectivity index (χ4v) is 1.32. The van der Waals surface area contributed by atoms with Crippen LogP contribution in [0.15, 0.2) is 11.0 Å². The summed E-state index contributed by atoms with van der Waals surface area (Å²) in [6, 6.07) is 0. The molecule has 0 unspecified atom stereocenters. The maximum absolute atomic E-state index is 11.1. The van der Waals surface area contributed by atoms with E-state index in [9.17, 15) is 4.79 Å². The normalized spacial score (nSPS) is 14.3. The van der Waals surface area contributed by atoms with Gasteiger partial charge in [0.1, 0.15) is 5.82 Å². The van der Waals surface area contributed by atoms with Crippen LogP contribution in [0.4, 0.5) is 5.82 Å². The van der Waals surface area contributed by atoms with Crippen LogP contribution < -0.4 is 11.0 Å². The van der Waals surface area contributed by atoms with Gasteiger partial charge in [-0.2, -0.15) is 0 Å². The lowest BCUT2D eigenvalue weighted by Gasteiger charge is -2.02. The van der Waals surface area contributed by atoms with Crippen molar-refractivity contribution in [3.8, 4) is 0 Å². The molecule has 0 aliphatic carbocycles. The summed E-state index contributed by atoms with van der Waals surface area (Å²) in [6.45, 7) is 3.52. The van der Waals surface area contributed by atoms with Crippen molar-refractivity contribution in [2.45, 2.75) is 13.5 Å². The Labute approximate surface area is 63.9 Å². The molecule has 0 fully saturated rings. The first-order valence-electron chi connectivity index (χ1n) is 3.59. The van der Waals surface area contributed by atoms with Crippen molar-refractivity contribution in [2.24, 2.45) is 0 Å². The summed E-state index contributed by atoms with van der Waals surface area (Å²) in [5.41, 5.74) is 0.873. The lowest BCUT2D eigenvalue weighted by atomic mass is 10.3. The van der Waals surface area contributed by atoms with Gasteiger partial charge < -0.3 is 5.32 Å². The molecule has 1 aliphatic rings. The van der Waals surface area contributed by atoms with Crippen LogP contribution in [0.25, 0.3) is 0 Å². The zero-order valence-corrected chi connectivity index (χ0v) is 6.29. The number of nitrogens with one attached hydrogen (secondary N) is 1. The van der Waals surface area contributed by atoms with Gasteiger partial charge in [0.05, 0.1) is 0 Å². The Hall–Kier alpha value is -1.32. The number of anilines is 1. The van der Waals surface area contributed by atoms with E-state index in [-0.39, 0.29) is 5.69 Å². The number of nitrogens with zero attached hydrogens (tertiary/aromatic N) is 2. The molecular formula is C7H9N3O. The van der Waals surface area contributed by atoms with Crippen LogP contribution in [0, 0.1) is 6.92 Å². The minimum absolute atomic E-state index is 0.157. The summed E-state index contributed by atoms with van der Waals surface area (Å²) in [6.07, 6.45) is 1.60. The third kappa shape index (κ3) is 0.824. The maximum Gasteiger partial charge on any atom is 0.349 e. The average Bonchev–Trinajstić information content (AvgIpc) is 2.45. The molecule has 58 valence electrons. The van der Waals surface area contributed by atoms with E-state index < -0.39 is 0 Å². The van der Waals surface area contributed by atoms with E-state index in [1.807, 2.05) is 6.92 Å². The van der Waals surface area contributed by atoms with Crippen molar-refractivity contribution in [1.29, 1.82) is 0 Å². The fraction of sp³-hybridized carbons (Fsp3) is 0.429. The molecule has 0 atom stereocenters. The molecule has 0 radical (unpaired) electrons. The summed E-state index contributed by atoms with van der Waals surface area (Å²) in [5.74, 6) is 0.921. The second-order valence-electron chi connectivity index (χ2n) is 2.65. The van der Waals surface area contributed by atoms with Crippen molar-refractivity contribution >= 4 is 5.82 Å². The highest BCUT2D eigenvalue weighted by Gasteiger charge is 2.12. The van der Waals surface area contributed by atoms with Gasteiger partial charge in [-0.15, -0.1) is 0 Å². The molecule has 1 aliphatic heterocycles. The Bertz CT molecular complexity index is 342. The van der Waals surface area contributed by atoms with Crippen LogP contribution in [0.3, 0.4) is 0 Å². The van der Waals surface area contributed by atoms with Gasteiger partial charge in [-0.1, -0.05) is 0 Å². The Kier molecular flexibility index (Phi) is 1.21. The highest BCUT2D eigenvalue weighted by Crippen LogP contribution is 2.14. The molecule has 2 rings (SSSR count). The van der Waals surface area contributed by atoms with Crippen molar-refractivity contribution in [1.82, 2.24) is 9.55 Å². The molecule has 1 aromatic rings. The number of aryl methyl sites for hydroxylation is 1. The standard InChI is InChI=1S/C7H9N3O/c1-5-4-9-7(11)10-3-2-8-6(5)10/h4,8H,2-3H2,1H3. The third-order valence-electron chi connectivity index (χ3n) is 1.87. The highest BCUT2D eigenvalue weighted by atomic mass is 16.1. The predicted octanol–water partition coefficient (Wildman–Crippen LogP) is -0.0228. The number of hydrogen-bond donors (Lipinski definition) is 1. The second kappa shape index (κ2) is 2.08. The molecule has 2 heterocycles. The van der Waals surface area contributed by atoms with Gasteiger partial charge in [0, 0.05) is 24.8 Å². The van der Waals surface area contributed by atoms with Crippen LogP contribution in [0.1, 0.15) is 5.56 Å². The molecule has 0 saturated carbocycles. The molecule has 1 aromatic heterocycles. The first-order valence-corrected chi connectivity index (χ1v) is 3.59. The summed E-state index contributed by atoms with van der Waals surface area (Å²) in [7, 11) is 0. The van der Waals surface area contributed by atoms with Gasteiger partial charge in [-0.3, -0.25) is 4.57 Å². The number of aromatic nitrogens is 2. The van der Waals surface area contributed by atoms with Gasteiger partial charge in [0.15, 0.2) is 0 Å². The zero-order chi connectivity index (χ0) is 7.84. The predicted molar refractivity (Wildman–Crippen MR) is 41.7 cm³/mol. The molecule has 1 N–H and O–H groups in total. The Balaban J connectivity index is 2.74. The van der Waals surface area contributed by atoms with E-state index in [0.29, 0.717) is 0 Å². The first-order chi connectivity index (χ1) is 5.29. The van der Waals surface area contributed by atoms with E-state index in [1.165, 1.54) is 0 Å². The van der Waals surface area contributed by atoms with Crippen molar-refractivity contribution in [3.05, 3.63) is 22.2 Å². The largest absolute Gasteiger partial charge is 0.369 e. The smallest absolute Gasteiger partial charge is 0.349 e. The van der Waals surface area contributed by atoms with Crippen molar-refractivity contribution in [2.75, 3.05) is 11.9 Å². The monoisotopic (exact) mass is 151 g/mol. The Morgan fingerprint density at radius 3 is 3.27 bits per heavy atom. The fourth-order valence-electron chi connectivity index (χ4n) is 1.32. The van der Waals surface area contributed by atoms with Crippen molar-refractivity contribution in [3.63, 3.8) is 0 Å². The van der Waals surface area contributed by atoms with Crippen LogP contribution in [0.5, 0.6) is 0 Å². The van der Waals surface area contributed by atoms with E-state index in [1.54, 1.807) is 10.8 Å². The summed E-state index contributed by atoms with van der Waals surface area (Å²) >= 11 is 0. The van der Waals surface area contributed by atoms with Gasteiger partial charge in [0.25, 0.3) is 0 Å². The van der Waals surface area contributed by atoms with E-state index in [2.05, 4.69) is 10.3 Å². The lowest BCUT2D eigenvalue weighted by Crippen LogP contribution is -2.20. The molecule has 0 amide bonds. The topological polar surface area (TPSA) is 46.9 Å². The molecule has 0 spiro atoms. The zero-order valence-electron chi connectivity index (χ0n) is 6.29. The lowest BCUT2D eigenvalue weighted by molar-refractivity contribution is 0.739. The quantitative estimate of drug-likeness (QED) is 0.566. The third-order valence-corrected chi connectivity index (χ3v) is 1.87. The van der Waals surface area contributed by atoms with Gasteiger partial charge in [-0.05, 0) is 6.92 Å². The molecule has 11 heavy (non-hydrogen) atoms. The molecule has 0 aromatic carbocycles. The Morgan fingerprint density at radius 2 is 2.55 bits per heavy atom. The average molecular weight is 151 g/mol. The van der Waals surface area contributed by atoms with Gasteiger partial charge in [-0.25, -0.2) is 9.78 Å². The summed E-state index contributed by atoms with van der Waals surface area (Å²) in [4.78, 5) is 14.8. The SMILES string of the molecule is Cc1cnc(=O)n2c1NCC2. The van der Waals surface area contributed by atoms with E-state index in [0.717, 1.165) is 24.5 Å². The van der Waals surface area contributed by atoms with Crippen LogP contribution in [-0.2, 0) is 6.54 Å². The maximum atomic E-state index is 11.1. The minimum atomic E-state index is -0.157. The van der Waals surface area contributed by atoms with E-state index >= 15 is 0 Å². The molecule has 4 nitrogen and oxygen atoms in total. The highest BCUT2D eigenvalue weighted by molar-refractivity contribution is 5.44. The van der Waals surface area contributed by atoms with Crippen LogP contribution >= 0.6 is 0 Å². The van der Waals surface area contributed by atoms with E-state index in [4.69, 9.17) is 0 Å². The molecular weight excluding hydrogens is 142 g/mol. The second-order valence-corrected chi connectivity index (χ2v) is 2.65. The number of fused-ring (bicyclic) bond motifs is 1. The van der Waals surface area contributed by atoms with Crippen molar-refractivity contribution < 1.29 is 0 Å². The first kappa shape index (κ1) is 6.39. The Morgan fingerprint density at radius 1 is 1.73 bits per heavy atom. The molecule has 0 saturated heterocycles. The number of rotatable bonds is 0. The molecule has 0 bridgehead atoms. The van der Waals surface area contributed by atoms with Gasteiger partial charge >= 0.3 is 5.69 Å².